The van der Waals surface area contributed by atoms with E-state index < -0.39 is 9.84 Å². The molecule has 3 nitrogen and oxygen atoms in total. The van der Waals surface area contributed by atoms with Gasteiger partial charge in [0.1, 0.15) is 0 Å². The van der Waals surface area contributed by atoms with Crippen LogP contribution in [0, 0.1) is 5.92 Å². The van der Waals surface area contributed by atoms with Gasteiger partial charge in [-0.3, -0.25) is 0 Å². The topological polar surface area (TPSA) is 60.2 Å². The lowest BCUT2D eigenvalue weighted by Gasteiger charge is -2.19. The van der Waals surface area contributed by atoms with Crippen LogP contribution in [0.3, 0.4) is 0 Å². The highest BCUT2D eigenvalue weighted by molar-refractivity contribution is 7.91. The minimum Gasteiger partial charge on any atom is -0.329 e. The van der Waals surface area contributed by atoms with E-state index in [4.69, 9.17) is 5.73 Å². The Hall–Kier alpha value is -0.0900. The zero-order valence-corrected chi connectivity index (χ0v) is 8.31. The summed E-state index contributed by atoms with van der Waals surface area (Å²) in [6, 6.07) is 0. The van der Waals surface area contributed by atoms with Gasteiger partial charge in [0.25, 0.3) is 0 Å². The summed E-state index contributed by atoms with van der Waals surface area (Å²) in [5.41, 5.74) is 5.46. The fraction of sp³-hybridized carbons (Fsp3) is 1.00. The van der Waals surface area contributed by atoms with E-state index in [1.54, 1.807) is 0 Å². The van der Waals surface area contributed by atoms with Crippen LogP contribution >= 0.6 is 0 Å². The molecule has 1 rings (SSSR count). The van der Waals surface area contributed by atoms with Crippen LogP contribution in [0.15, 0.2) is 0 Å². The van der Waals surface area contributed by atoms with Crippen molar-refractivity contribution in [2.24, 2.45) is 11.7 Å². The molecule has 0 saturated heterocycles. The summed E-state index contributed by atoms with van der Waals surface area (Å²) in [6.45, 7) is 0.281. The second-order valence-electron chi connectivity index (χ2n) is 3.65. The van der Waals surface area contributed by atoms with Crippen LogP contribution < -0.4 is 5.73 Å². The predicted octanol–water partition coefficient (Wildman–Crippen LogP) is 0.548. The summed E-state index contributed by atoms with van der Waals surface area (Å²) in [5.74, 6) is 0.324. The molecule has 1 fully saturated rings. The molecule has 0 aliphatic heterocycles. The van der Waals surface area contributed by atoms with Crippen LogP contribution in [-0.2, 0) is 9.84 Å². The monoisotopic (exact) mass is 191 g/mol. The van der Waals surface area contributed by atoms with Gasteiger partial charge in [-0.1, -0.05) is 12.8 Å². The van der Waals surface area contributed by atoms with Crippen LogP contribution in [-0.4, -0.2) is 26.5 Å². The van der Waals surface area contributed by atoms with E-state index in [0.29, 0.717) is 5.92 Å². The van der Waals surface area contributed by atoms with E-state index in [1.807, 2.05) is 0 Å². The maximum atomic E-state index is 11.3. The average molecular weight is 191 g/mol. The average Bonchev–Trinajstić information content (AvgIpc) is 2.38. The van der Waals surface area contributed by atoms with E-state index in [0.717, 1.165) is 25.7 Å². The van der Waals surface area contributed by atoms with Crippen molar-refractivity contribution in [2.45, 2.75) is 30.9 Å². The fourth-order valence-corrected chi connectivity index (χ4v) is 3.37. The number of hydrogen-bond donors (Lipinski definition) is 1. The maximum absolute atomic E-state index is 11.3. The Morgan fingerprint density at radius 2 is 1.92 bits per heavy atom. The minimum absolute atomic E-state index is 0.281. The SMILES string of the molecule is CS(=O)(=O)C(CN)C1CCCC1. The standard InChI is InChI=1S/C8H17NO2S/c1-12(10,11)8(6-9)7-4-2-3-5-7/h7-8H,2-6,9H2,1H3. The molecule has 0 heterocycles. The zero-order valence-electron chi connectivity index (χ0n) is 7.49. The minimum atomic E-state index is -2.92. The smallest absolute Gasteiger partial charge is 0.151 e. The molecule has 0 aromatic carbocycles. The highest BCUT2D eigenvalue weighted by Gasteiger charge is 2.30. The third kappa shape index (κ3) is 2.20. The lowest BCUT2D eigenvalue weighted by Crippen LogP contribution is -2.34. The van der Waals surface area contributed by atoms with E-state index in [-0.39, 0.29) is 11.8 Å². The molecule has 1 unspecified atom stereocenters. The molecule has 0 radical (unpaired) electrons. The molecule has 0 bridgehead atoms. The quantitative estimate of drug-likeness (QED) is 0.708. The van der Waals surface area contributed by atoms with Gasteiger partial charge >= 0.3 is 0 Å². The third-order valence-electron chi connectivity index (χ3n) is 2.71. The molecule has 1 atom stereocenters. The molecule has 4 heteroatoms. The molecule has 0 aromatic heterocycles. The van der Waals surface area contributed by atoms with Crippen LogP contribution in [0.4, 0.5) is 0 Å². The largest absolute Gasteiger partial charge is 0.329 e. The predicted molar refractivity (Wildman–Crippen MR) is 49.6 cm³/mol. The molecule has 0 spiro atoms. The molecule has 1 saturated carbocycles. The van der Waals surface area contributed by atoms with Gasteiger partial charge in [-0.2, -0.15) is 0 Å². The van der Waals surface area contributed by atoms with Gasteiger partial charge in [-0.25, -0.2) is 8.42 Å². The van der Waals surface area contributed by atoms with Crippen LogP contribution in [0.5, 0.6) is 0 Å². The van der Waals surface area contributed by atoms with E-state index in [2.05, 4.69) is 0 Å². The Bertz CT molecular complexity index is 229. The van der Waals surface area contributed by atoms with E-state index in [1.165, 1.54) is 6.26 Å². The second-order valence-corrected chi connectivity index (χ2v) is 5.91. The van der Waals surface area contributed by atoms with Crippen molar-refractivity contribution in [3.8, 4) is 0 Å². The van der Waals surface area contributed by atoms with Gasteiger partial charge in [0, 0.05) is 12.8 Å². The molecule has 1 aliphatic rings. The van der Waals surface area contributed by atoms with Gasteiger partial charge < -0.3 is 5.73 Å². The number of rotatable bonds is 3. The third-order valence-corrected chi connectivity index (χ3v) is 4.39. The molecular weight excluding hydrogens is 174 g/mol. The van der Waals surface area contributed by atoms with Crippen molar-refractivity contribution in [3.63, 3.8) is 0 Å². The van der Waals surface area contributed by atoms with Crippen molar-refractivity contribution < 1.29 is 8.42 Å². The first-order valence-corrected chi connectivity index (χ1v) is 6.40. The van der Waals surface area contributed by atoms with Gasteiger partial charge in [-0.05, 0) is 18.8 Å². The van der Waals surface area contributed by atoms with Gasteiger partial charge in [0.05, 0.1) is 5.25 Å². The summed E-state index contributed by atoms with van der Waals surface area (Å²) < 4.78 is 22.5. The molecule has 0 amide bonds. The molecule has 72 valence electrons. The second kappa shape index (κ2) is 3.75. The summed E-state index contributed by atoms with van der Waals surface area (Å²) in [4.78, 5) is 0. The summed E-state index contributed by atoms with van der Waals surface area (Å²) in [6.07, 6.45) is 5.69. The summed E-state index contributed by atoms with van der Waals surface area (Å²) in [5, 5.41) is -0.292. The van der Waals surface area contributed by atoms with Gasteiger partial charge in [0.2, 0.25) is 0 Å². The van der Waals surface area contributed by atoms with E-state index >= 15 is 0 Å². The van der Waals surface area contributed by atoms with E-state index in [9.17, 15) is 8.42 Å². The molecule has 1 aliphatic carbocycles. The van der Waals surface area contributed by atoms with Crippen molar-refractivity contribution in [1.29, 1.82) is 0 Å². The first-order valence-electron chi connectivity index (χ1n) is 4.44. The first-order chi connectivity index (χ1) is 5.55. The summed E-state index contributed by atoms with van der Waals surface area (Å²) in [7, 11) is -2.92. The Balaban J connectivity index is 2.68. The highest BCUT2D eigenvalue weighted by Crippen LogP contribution is 2.30. The van der Waals surface area contributed by atoms with Crippen molar-refractivity contribution >= 4 is 9.84 Å². The normalized spacial score (nSPS) is 22.8. The molecule has 0 aromatic rings. The lowest BCUT2D eigenvalue weighted by atomic mass is 10.0. The first kappa shape index (κ1) is 9.99. The fourth-order valence-electron chi connectivity index (χ4n) is 2.05. The maximum Gasteiger partial charge on any atom is 0.151 e. The number of sulfone groups is 1. The van der Waals surface area contributed by atoms with Crippen molar-refractivity contribution in [3.05, 3.63) is 0 Å². The van der Waals surface area contributed by atoms with Gasteiger partial charge in [-0.15, -0.1) is 0 Å². The Morgan fingerprint density at radius 3 is 2.25 bits per heavy atom. The highest BCUT2D eigenvalue weighted by atomic mass is 32.2. The Kier molecular flexibility index (Phi) is 3.12. The van der Waals surface area contributed by atoms with Crippen LogP contribution in [0.2, 0.25) is 0 Å². The molecule has 12 heavy (non-hydrogen) atoms. The molecule has 2 N–H and O–H groups in total. The number of hydrogen-bond acceptors (Lipinski definition) is 3. The van der Waals surface area contributed by atoms with Crippen molar-refractivity contribution in [2.75, 3.05) is 12.8 Å². The number of nitrogens with two attached hydrogens (primary N) is 1. The van der Waals surface area contributed by atoms with Gasteiger partial charge in [0.15, 0.2) is 9.84 Å². The van der Waals surface area contributed by atoms with Crippen molar-refractivity contribution in [1.82, 2.24) is 0 Å². The Morgan fingerprint density at radius 1 is 1.42 bits per heavy atom. The Labute approximate surface area is 74.3 Å². The summed E-state index contributed by atoms with van der Waals surface area (Å²) >= 11 is 0. The zero-order chi connectivity index (χ0) is 9.19. The van der Waals surface area contributed by atoms with Crippen LogP contribution in [0.25, 0.3) is 0 Å². The molecular formula is C8H17NO2S. The lowest BCUT2D eigenvalue weighted by molar-refractivity contribution is 0.489. The van der Waals surface area contributed by atoms with Crippen LogP contribution in [0.1, 0.15) is 25.7 Å².